The lowest BCUT2D eigenvalue weighted by Gasteiger charge is -2.01. The molecular formula is C18H17N5O. The monoisotopic (exact) mass is 319 g/mol. The van der Waals surface area contributed by atoms with Crippen LogP contribution in [0, 0.1) is 6.92 Å². The maximum Gasteiger partial charge on any atom is 0.249 e. The number of benzene rings is 2. The van der Waals surface area contributed by atoms with E-state index in [0.29, 0.717) is 17.2 Å². The zero-order chi connectivity index (χ0) is 16.9. The summed E-state index contributed by atoms with van der Waals surface area (Å²) < 4.78 is 1.50. The molecule has 3 aromatic rings. The number of amides is 1. The Balaban J connectivity index is 1.66. The lowest BCUT2D eigenvalue weighted by atomic mass is 10.1. The minimum Gasteiger partial charge on any atom is -0.399 e. The fourth-order valence-corrected chi connectivity index (χ4v) is 2.16. The van der Waals surface area contributed by atoms with Crippen LogP contribution in [0.4, 0.5) is 11.4 Å². The van der Waals surface area contributed by atoms with Crippen molar-refractivity contribution < 1.29 is 4.79 Å². The normalized spacial score (nSPS) is 10.9. The van der Waals surface area contributed by atoms with Gasteiger partial charge < -0.3 is 11.1 Å². The molecular weight excluding hydrogens is 302 g/mol. The van der Waals surface area contributed by atoms with Crippen molar-refractivity contribution in [2.45, 2.75) is 6.92 Å². The zero-order valence-corrected chi connectivity index (χ0v) is 13.2. The fourth-order valence-electron chi connectivity index (χ4n) is 2.16. The Morgan fingerprint density at radius 3 is 2.75 bits per heavy atom. The molecule has 3 rings (SSSR count). The second-order valence-corrected chi connectivity index (χ2v) is 5.34. The Morgan fingerprint density at radius 1 is 1.21 bits per heavy atom. The van der Waals surface area contributed by atoms with Crippen molar-refractivity contribution in [3.05, 3.63) is 66.5 Å². The van der Waals surface area contributed by atoms with Crippen molar-refractivity contribution in [1.82, 2.24) is 14.8 Å². The van der Waals surface area contributed by atoms with E-state index in [0.717, 1.165) is 11.1 Å². The SMILES string of the molecule is Cc1cccc(-c2ncn(/C=C/C(=O)Nc3ccc(N)cc3)n2)c1. The van der Waals surface area contributed by atoms with Gasteiger partial charge in [-0.1, -0.05) is 23.8 Å². The molecule has 1 amide bonds. The van der Waals surface area contributed by atoms with Crippen LogP contribution in [0.5, 0.6) is 0 Å². The molecule has 6 nitrogen and oxygen atoms in total. The molecule has 0 atom stereocenters. The number of anilines is 2. The minimum absolute atomic E-state index is 0.257. The second-order valence-electron chi connectivity index (χ2n) is 5.34. The molecule has 1 aromatic heterocycles. The Kier molecular flexibility index (Phi) is 4.38. The predicted molar refractivity (Wildman–Crippen MR) is 95.0 cm³/mol. The molecule has 2 aromatic carbocycles. The molecule has 24 heavy (non-hydrogen) atoms. The molecule has 0 fully saturated rings. The zero-order valence-electron chi connectivity index (χ0n) is 13.2. The lowest BCUT2D eigenvalue weighted by Crippen LogP contribution is -2.08. The molecule has 1 heterocycles. The van der Waals surface area contributed by atoms with Crippen molar-refractivity contribution in [2.75, 3.05) is 11.1 Å². The van der Waals surface area contributed by atoms with Crippen molar-refractivity contribution in [3.8, 4) is 11.4 Å². The number of nitrogens with one attached hydrogen (secondary N) is 1. The van der Waals surface area contributed by atoms with Gasteiger partial charge in [0.25, 0.3) is 0 Å². The molecule has 0 aliphatic heterocycles. The summed E-state index contributed by atoms with van der Waals surface area (Å²) in [6.07, 6.45) is 4.51. The summed E-state index contributed by atoms with van der Waals surface area (Å²) in [5.41, 5.74) is 9.01. The molecule has 0 saturated carbocycles. The molecule has 0 unspecified atom stereocenters. The van der Waals surface area contributed by atoms with Gasteiger partial charge in [0.05, 0.1) is 0 Å². The van der Waals surface area contributed by atoms with Crippen molar-refractivity contribution in [3.63, 3.8) is 0 Å². The highest BCUT2D eigenvalue weighted by Gasteiger charge is 2.03. The Hall–Kier alpha value is -3.41. The molecule has 6 heteroatoms. The summed E-state index contributed by atoms with van der Waals surface area (Å²) in [5.74, 6) is 0.356. The van der Waals surface area contributed by atoms with E-state index >= 15 is 0 Å². The highest BCUT2D eigenvalue weighted by atomic mass is 16.1. The van der Waals surface area contributed by atoms with Crippen LogP contribution in [-0.4, -0.2) is 20.7 Å². The van der Waals surface area contributed by atoms with Crippen molar-refractivity contribution in [1.29, 1.82) is 0 Å². The summed E-state index contributed by atoms with van der Waals surface area (Å²) in [5, 5.41) is 7.08. The van der Waals surface area contributed by atoms with E-state index in [-0.39, 0.29) is 5.91 Å². The van der Waals surface area contributed by atoms with Crippen LogP contribution in [-0.2, 0) is 4.79 Å². The maximum absolute atomic E-state index is 11.9. The third-order valence-corrected chi connectivity index (χ3v) is 3.34. The van der Waals surface area contributed by atoms with Crippen molar-refractivity contribution >= 4 is 23.5 Å². The van der Waals surface area contributed by atoms with Gasteiger partial charge in [0.1, 0.15) is 6.33 Å². The maximum atomic E-state index is 11.9. The van der Waals surface area contributed by atoms with E-state index in [9.17, 15) is 4.79 Å². The smallest absolute Gasteiger partial charge is 0.249 e. The number of carbonyl (C=O) groups is 1. The van der Waals surface area contributed by atoms with Gasteiger partial charge in [0, 0.05) is 29.2 Å². The highest BCUT2D eigenvalue weighted by Crippen LogP contribution is 2.15. The Morgan fingerprint density at radius 2 is 2.00 bits per heavy atom. The fraction of sp³-hybridized carbons (Fsp3) is 0.0556. The van der Waals surface area contributed by atoms with E-state index in [1.807, 2.05) is 31.2 Å². The molecule has 0 aliphatic carbocycles. The first-order valence-electron chi connectivity index (χ1n) is 7.43. The molecule has 120 valence electrons. The number of hydrogen-bond acceptors (Lipinski definition) is 4. The predicted octanol–water partition coefficient (Wildman–Crippen LogP) is 2.95. The van der Waals surface area contributed by atoms with E-state index in [1.54, 1.807) is 36.8 Å². The topological polar surface area (TPSA) is 85.8 Å². The van der Waals surface area contributed by atoms with Crippen molar-refractivity contribution in [2.24, 2.45) is 0 Å². The largest absolute Gasteiger partial charge is 0.399 e. The summed E-state index contributed by atoms with van der Waals surface area (Å²) in [6.45, 7) is 2.02. The number of nitrogens with zero attached hydrogens (tertiary/aromatic N) is 3. The molecule has 0 radical (unpaired) electrons. The lowest BCUT2D eigenvalue weighted by molar-refractivity contribution is -0.111. The van der Waals surface area contributed by atoms with Crippen LogP contribution in [0.25, 0.3) is 17.6 Å². The molecule has 0 saturated heterocycles. The molecule has 0 bridgehead atoms. The van der Waals surface area contributed by atoms with Crippen LogP contribution in [0.1, 0.15) is 5.56 Å². The van der Waals surface area contributed by atoms with Gasteiger partial charge in [0.2, 0.25) is 5.91 Å². The van der Waals surface area contributed by atoms with Crippen LogP contribution < -0.4 is 11.1 Å². The quantitative estimate of drug-likeness (QED) is 0.572. The summed E-state index contributed by atoms with van der Waals surface area (Å²) >= 11 is 0. The first-order valence-corrected chi connectivity index (χ1v) is 7.43. The Labute approximate surface area is 139 Å². The number of rotatable bonds is 4. The van der Waals surface area contributed by atoms with E-state index < -0.39 is 0 Å². The van der Waals surface area contributed by atoms with Gasteiger partial charge in [-0.2, -0.15) is 0 Å². The third-order valence-electron chi connectivity index (χ3n) is 3.34. The van der Waals surface area contributed by atoms with E-state index in [2.05, 4.69) is 15.4 Å². The highest BCUT2D eigenvalue weighted by molar-refractivity contribution is 6.01. The van der Waals surface area contributed by atoms with Crippen LogP contribution >= 0.6 is 0 Å². The van der Waals surface area contributed by atoms with Crippen LogP contribution in [0.15, 0.2) is 60.9 Å². The van der Waals surface area contributed by atoms with E-state index in [4.69, 9.17) is 5.73 Å². The second kappa shape index (κ2) is 6.78. The van der Waals surface area contributed by atoms with Gasteiger partial charge >= 0.3 is 0 Å². The number of hydrogen-bond donors (Lipinski definition) is 2. The van der Waals surface area contributed by atoms with Gasteiger partial charge in [-0.3, -0.25) is 4.79 Å². The Bertz CT molecular complexity index is 880. The number of nitrogen functional groups attached to an aromatic ring is 1. The number of nitrogens with two attached hydrogens (primary N) is 1. The van der Waals surface area contributed by atoms with Gasteiger partial charge in [-0.25, -0.2) is 9.67 Å². The minimum atomic E-state index is -0.257. The first kappa shape index (κ1) is 15.5. The standard InChI is InChI=1S/C18H17N5O/c1-13-3-2-4-14(11-13)18-20-12-23(22-18)10-9-17(24)21-16-7-5-15(19)6-8-16/h2-12H,19H2,1H3,(H,21,24)/b10-9+. The average Bonchev–Trinajstić information content (AvgIpc) is 3.04. The molecule has 3 N–H and O–H groups in total. The molecule has 0 spiro atoms. The first-order chi connectivity index (χ1) is 11.6. The third kappa shape index (κ3) is 3.86. The summed E-state index contributed by atoms with van der Waals surface area (Å²) in [7, 11) is 0. The number of aromatic nitrogens is 3. The summed E-state index contributed by atoms with van der Waals surface area (Å²) in [4.78, 5) is 16.2. The number of aryl methyl sites for hydroxylation is 1. The van der Waals surface area contributed by atoms with E-state index in [1.165, 1.54) is 10.8 Å². The average molecular weight is 319 g/mol. The van der Waals surface area contributed by atoms with Crippen LogP contribution in [0.3, 0.4) is 0 Å². The number of carbonyl (C=O) groups excluding carboxylic acids is 1. The summed E-state index contributed by atoms with van der Waals surface area (Å²) in [6, 6.07) is 14.9. The molecule has 0 aliphatic rings. The van der Waals surface area contributed by atoms with Crippen LogP contribution in [0.2, 0.25) is 0 Å². The van der Waals surface area contributed by atoms with Gasteiger partial charge in [-0.15, -0.1) is 5.10 Å². The van der Waals surface area contributed by atoms with Gasteiger partial charge in [0.15, 0.2) is 5.82 Å². The van der Waals surface area contributed by atoms with Gasteiger partial charge in [-0.05, 0) is 37.3 Å².